The fourth-order valence-electron chi connectivity index (χ4n) is 0.200. The second kappa shape index (κ2) is 3.74. The van der Waals surface area contributed by atoms with Gasteiger partial charge in [-0.15, -0.1) is 0 Å². The van der Waals surface area contributed by atoms with Crippen LogP contribution in [0.5, 0.6) is 0 Å². The van der Waals surface area contributed by atoms with Crippen LogP contribution in [-0.2, 0) is 0 Å². The van der Waals surface area contributed by atoms with E-state index in [4.69, 9.17) is 5.11 Å². The third-order valence-electron chi connectivity index (χ3n) is 0.376. The van der Waals surface area contributed by atoms with Crippen molar-refractivity contribution in [3.05, 3.63) is 0 Å². The average molecular weight is 102 g/mol. The second-order valence-electron chi connectivity index (χ2n) is 1.49. The molecule has 0 radical (unpaired) electrons. The molecule has 0 aliphatic heterocycles. The van der Waals surface area contributed by atoms with Gasteiger partial charge in [0.15, 0.2) is 6.73 Å². The molecule has 0 heterocycles. The largest absolute Gasteiger partial charge is 0.373 e. The van der Waals surface area contributed by atoms with Crippen LogP contribution >= 0.6 is 0 Å². The lowest BCUT2D eigenvalue weighted by atomic mass is 10.4. The molecule has 0 fully saturated rings. The predicted octanol–water partition coefficient (Wildman–Crippen LogP) is 0.797. The SMILES string of the molecule is CC(C)N=NCO. The van der Waals surface area contributed by atoms with Crippen molar-refractivity contribution in [1.82, 2.24) is 0 Å². The highest BCUT2D eigenvalue weighted by Gasteiger charge is 1.80. The quantitative estimate of drug-likeness (QED) is 0.515. The Morgan fingerprint density at radius 2 is 2.14 bits per heavy atom. The Labute approximate surface area is 43.1 Å². The molecule has 0 atom stereocenters. The summed E-state index contributed by atoms with van der Waals surface area (Å²) in [5.74, 6) is 0. The Morgan fingerprint density at radius 1 is 1.57 bits per heavy atom. The zero-order valence-electron chi connectivity index (χ0n) is 4.63. The zero-order chi connectivity index (χ0) is 5.70. The number of azo groups is 1. The molecule has 0 aliphatic carbocycles. The van der Waals surface area contributed by atoms with Gasteiger partial charge in [0.1, 0.15) is 0 Å². The maximum atomic E-state index is 8.05. The van der Waals surface area contributed by atoms with Crippen molar-refractivity contribution in [3.63, 3.8) is 0 Å². The minimum Gasteiger partial charge on any atom is -0.373 e. The van der Waals surface area contributed by atoms with Crippen molar-refractivity contribution < 1.29 is 5.11 Å². The summed E-state index contributed by atoms with van der Waals surface area (Å²) in [5.41, 5.74) is 0. The van der Waals surface area contributed by atoms with Gasteiger partial charge in [0.2, 0.25) is 0 Å². The number of aliphatic hydroxyl groups is 1. The minimum absolute atomic E-state index is 0.196. The molecule has 0 saturated heterocycles. The average Bonchev–Trinajstić information content (AvgIpc) is 1.61. The minimum atomic E-state index is -0.196. The van der Waals surface area contributed by atoms with Crippen LogP contribution in [0.15, 0.2) is 10.2 Å². The Bertz CT molecular complexity index is 60.7. The first-order chi connectivity index (χ1) is 3.27. The monoisotopic (exact) mass is 102 g/mol. The van der Waals surface area contributed by atoms with Gasteiger partial charge in [-0.1, -0.05) is 0 Å². The number of aliphatic hydroxyl groups excluding tert-OH is 1. The molecule has 0 aromatic rings. The Morgan fingerprint density at radius 3 is 2.29 bits per heavy atom. The number of rotatable bonds is 2. The molecule has 0 bridgehead atoms. The Balaban J connectivity index is 3.08. The summed E-state index contributed by atoms with van der Waals surface area (Å²) in [4.78, 5) is 0. The molecule has 0 aliphatic rings. The van der Waals surface area contributed by atoms with Crippen LogP contribution in [0, 0.1) is 0 Å². The van der Waals surface area contributed by atoms with E-state index < -0.39 is 0 Å². The van der Waals surface area contributed by atoms with Crippen molar-refractivity contribution in [2.45, 2.75) is 19.9 Å². The van der Waals surface area contributed by atoms with Crippen molar-refractivity contribution in [2.24, 2.45) is 10.2 Å². The maximum absolute atomic E-state index is 8.05. The second-order valence-corrected chi connectivity index (χ2v) is 1.49. The van der Waals surface area contributed by atoms with Gasteiger partial charge in [0, 0.05) is 0 Å². The lowest BCUT2D eigenvalue weighted by molar-refractivity contribution is 0.297. The van der Waals surface area contributed by atoms with Gasteiger partial charge in [0.05, 0.1) is 6.04 Å². The van der Waals surface area contributed by atoms with Crippen molar-refractivity contribution in [1.29, 1.82) is 0 Å². The standard InChI is InChI=1S/C4H10N2O/c1-4(2)6-5-3-7/h4,7H,3H2,1-2H3. The number of nitrogens with zero attached hydrogens (tertiary/aromatic N) is 2. The van der Waals surface area contributed by atoms with E-state index in [0.29, 0.717) is 0 Å². The highest BCUT2D eigenvalue weighted by molar-refractivity contribution is 4.41. The summed E-state index contributed by atoms with van der Waals surface area (Å²) in [5, 5.41) is 15.0. The highest BCUT2D eigenvalue weighted by atomic mass is 16.3. The van der Waals surface area contributed by atoms with E-state index in [1.165, 1.54) is 0 Å². The molecule has 0 unspecified atom stereocenters. The van der Waals surface area contributed by atoms with E-state index in [2.05, 4.69) is 10.2 Å². The Hall–Kier alpha value is -0.440. The molecule has 42 valence electrons. The summed E-state index contributed by atoms with van der Waals surface area (Å²) in [6, 6.07) is 0.201. The molecule has 7 heavy (non-hydrogen) atoms. The molecule has 0 amide bonds. The van der Waals surface area contributed by atoms with Crippen LogP contribution in [0.1, 0.15) is 13.8 Å². The molecule has 3 nitrogen and oxygen atoms in total. The van der Waals surface area contributed by atoms with E-state index >= 15 is 0 Å². The van der Waals surface area contributed by atoms with Crippen molar-refractivity contribution in [2.75, 3.05) is 6.73 Å². The third kappa shape index (κ3) is 5.56. The lowest BCUT2D eigenvalue weighted by Gasteiger charge is -1.87. The first kappa shape index (κ1) is 6.56. The van der Waals surface area contributed by atoms with Crippen LogP contribution in [0.2, 0.25) is 0 Å². The predicted molar refractivity (Wildman–Crippen MR) is 27.1 cm³/mol. The van der Waals surface area contributed by atoms with Crippen LogP contribution in [-0.4, -0.2) is 17.9 Å². The molecule has 0 aromatic heterocycles. The summed E-state index contributed by atoms with van der Waals surface area (Å²) in [7, 11) is 0. The molecule has 0 rings (SSSR count). The van der Waals surface area contributed by atoms with Gasteiger partial charge in [-0.25, -0.2) is 0 Å². The van der Waals surface area contributed by atoms with Crippen LogP contribution in [0.4, 0.5) is 0 Å². The summed E-state index contributed by atoms with van der Waals surface area (Å²) in [6.45, 7) is 3.61. The normalized spacial score (nSPS) is 11.4. The van der Waals surface area contributed by atoms with E-state index in [0.717, 1.165) is 0 Å². The van der Waals surface area contributed by atoms with Crippen LogP contribution in [0.3, 0.4) is 0 Å². The summed E-state index contributed by atoms with van der Waals surface area (Å²) >= 11 is 0. The fourth-order valence-corrected chi connectivity index (χ4v) is 0.200. The van der Waals surface area contributed by atoms with E-state index in [-0.39, 0.29) is 12.8 Å². The smallest absolute Gasteiger partial charge is 0.154 e. The lowest BCUT2D eigenvalue weighted by Crippen LogP contribution is -1.85. The number of hydrogen-bond acceptors (Lipinski definition) is 3. The van der Waals surface area contributed by atoms with E-state index in [1.807, 2.05) is 13.8 Å². The van der Waals surface area contributed by atoms with Crippen molar-refractivity contribution >= 4 is 0 Å². The molecule has 0 saturated carbocycles. The molecular formula is C4H10N2O. The van der Waals surface area contributed by atoms with Gasteiger partial charge in [-0.2, -0.15) is 10.2 Å². The van der Waals surface area contributed by atoms with Gasteiger partial charge in [-0.3, -0.25) is 0 Å². The first-order valence-electron chi connectivity index (χ1n) is 2.25. The molecule has 0 aromatic carbocycles. The van der Waals surface area contributed by atoms with E-state index in [1.54, 1.807) is 0 Å². The summed E-state index contributed by atoms with van der Waals surface area (Å²) in [6.07, 6.45) is 0. The van der Waals surface area contributed by atoms with E-state index in [9.17, 15) is 0 Å². The first-order valence-corrected chi connectivity index (χ1v) is 2.25. The molecular weight excluding hydrogens is 92.1 g/mol. The highest BCUT2D eigenvalue weighted by Crippen LogP contribution is 1.84. The fraction of sp³-hybridized carbons (Fsp3) is 1.00. The van der Waals surface area contributed by atoms with Crippen LogP contribution in [0.25, 0.3) is 0 Å². The topological polar surface area (TPSA) is 45.0 Å². The Kier molecular flexibility index (Phi) is 3.50. The van der Waals surface area contributed by atoms with Gasteiger partial charge < -0.3 is 5.11 Å². The third-order valence-corrected chi connectivity index (χ3v) is 0.376. The van der Waals surface area contributed by atoms with Gasteiger partial charge in [0.25, 0.3) is 0 Å². The summed E-state index contributed by atoms with van der Waals surface area (Å²) < 4.78 is 0. The molecule has 1 N–H and O–H groups in total. The van der Waals surface area contributed by atoms with Crippen molar-refractivity contribution in [3.8, 4) is 0 Å². The van der Waals surface area contributed by atoms with Gasteiger partial charge in [-0.05, 0) is 13.8 Å². The number of hydrogen-bond donors (Lipinski definition) is 1. The zero-order valence-corrected chi connectivity index (χ0v) is 4.63. The van der Waals surface area contributed by atoms with Crippen LogP contribution < -0.4 is 0 Å². The van der Waals surface area contributed by atoms with Gasteiger partial charge >= 0.3 is 0 Å². The maximum Gasteiger partial charge on any atom is 0.154 e. The molecule has 0 spiro atoms. The molecule has 3 heteroatoms.